The Hall–Kier alpha value is -1.27. The lowest BCUT2D eigenvalue weighted by molar-refractivity contribution is 0.557. The SMILES string of the molecule is C#CCCCCn1cncc1[C@H](N)CC. The van der Waals surface area contributed by atoms with Crippen LogP contribution in [0.4, 0.5) is 0 Å². The molecule has 1 aromatic heterocycles. The molecule has 0 aromatic carbocycles. The van der Waals surface area contributed by atoms with Gasteiger partial charge >= 0.3 is 0 Å². The number of hydrogen-bond donors (Lipinski definition) is 1. The summed E-state index contributed by atoms with van der Waals surface area (Å²) in [6.45, 7) is 3.05. The molecule has 0 aliphatic carbocycles. The van der Waals surface area contributed by atoms with Crippen molar-refractivity contribution in [1.82, 2.24) is 9.55 Å². The molecule has 1 aromatic rings. The van der Waals surface area contributed by atoms with E-state index in [2.05, 4.69) is 22.4 Å². The molecule has 0 radical (unpaired) electrons. The van der Waals surface area contributed by atoms with Crippen molar-refractivity contribution >= 4 is 0 Å². The molecule has 0 fully saturated rings. The molecule has 0 saturated carbocycles. The first-order chi connectivity index (χ1) is 7.29. The van der Waals surface area contributed by atoms with Crippen LogP contribution in [0.3, 0.4) is 0 Å². The van der Waals surface area contributed by atoms with Crippen molar-refractivity contribution in [3.63, 3.8) is 0 Å². The molecule has 0 aliphatic rings. The van der Waals surface area contributed by atoms with Crippen LogP contribution in [-0.4, -0.2) is 9.55 Å². The molecule has 0 bridgehead atoms. The summed E-state index contributed by atoms with van der Waals surface area (Å²) < 4.78 is 2.13. The van der Waals surface area contributed by atoms with Crippen molar-refractivity contribution < 1.29 is 0 Å². The number of imidazole rings is 1. The monoisotopic (exact) mass is 205 g/mol. The number of aryl methyl sites for hydroxylation is 1. The van der Waals surface area contributed by atoms with Crippen molar-refractivity contribution in [2.45, 2.75) is 45.2 Å². The van der Waals surface area contributed by atoms with E-state index in [1.165, 1.54) is 0 Å². The number of nitrogens with zero attached hydrogens (tertiary/aromatic N) is 2. The predicted octanol–water partition coefficient (Wildman–Crippen LogP) is 2.10. The largest absolute Gasteiger partial charge is 0.333 e. The Morgan fingerprint density at radius 3 is 3.07 bits per heavy atom. The van der Waals surface area contributed by atoms with Crippen LogP contribution in [0.5, 0.6) is 0 Å². The highest BCUT2D eigenvalue weighted by molar-refractivity contribution is 5.04. The fourth-order valence-corrected chi connectivity index (χ4v) is 1.54. The normalized spacial score (nSPS) is 12.3. The molecule has 2 N–H and O–H groups in total. The summed E-state index contributed by atoms with van der Waals surface area (Å²) in [5.74, 6) is 2.65. The molecular formula is C12H19N3. The molecule has 0 saturated heterocycles. The van der Waals surface area contributed by atoms with E-state index in [1.54, 1.807) is 0 Å². The summed E-state index contributed by atoms with van der Waals surface area (Å²) in [7, 11) is 0. The van der Waals surface area contributed by atoms with Gasteiger partial charge in [-0.3, -0.25) is 0 Å². The topological polar surface area (TPSA) is 43.8 Å². The van der Waals surface area contributed by atoms with Crippen molar-refractivity contribution in [2.24, 2.45) is 5.73 Å². The van der Waals surface area contributed by atoms with Gasteiger partial charge < -0.3 is 10.3 Å². The summed E-state index contributed by atoms with van der Waals surface area (Å²) in [5, 5.41) is 0. The third-order valence-corrected chi connectivity index (χ3v) is 2.53. The second-order valence-electron chi connectivity index (χ2n) is 3.69. The lowest BCUT2D eigenvalue weighted by atomic mass is 10.2. The van der Waals surface area contributed by atoms with Gasteiger partial charge in [0, 0.05) is 25.2 Å². The van der Waals surface area contributed by atoms with Crippen LogP contribution in [0, 0.1) is 12.3 Å². The zero-order valence-electron chi connectivity index (χ0n) is 9.32. The Morgan fingerprint density at radius 2 is 2.40 bits per heavy atom. The van der Waals surface area contributed by atoms with E-state index in [0.717, 1.165) is 37.9 Å². The molecule has 82 valence electrons. The van der Waals surface area contributed by atoms with Crippen LogP contribution in [0.1, 0.15) is 44.3 Å². The third kappa shape index (κ3) is 3.41. The zero-order chi connectivity index (χ0) is 11.1. The van der Waals surface area contributed by atoms with Crippen LogP contribution < -0.4 is 5.73 Å². The molecule has 0 spiro atoms. The molecule has 1 atom stereocenters. The van der Waals surface area contributed by atoms with E-state index in [0.29, 0.717) is 0 Å². The van der Waals surface area contributed by atoms with Crippen LogP contribution >= 0.6 is 0 Å². The minimum Gasteiger partial charge on any atom is -0.333 e. The fraction of sp³-hybridized carbons (Fsp3) is 0.583. The number of nitrogens with two attached hydrogens (primary N) is 1. The second kappa shape index (κ2) is 6.26. The highest BCUT2D eigenvalue weighted by Gasteiger charge is 2.08. The molecule has 0 aliphatic heterocycles. The molecule has 3 heteroatoms. The summed E-state index contributed by atoms with van der Waals surface area (Å²) >= 11 is 0. The van der Waals surface area contributed by atoms with Crippen molar-refractivity contribution in [1.29, 1.82) is 0 Å². The van der Waals surface area contributed by atoms with Gasteiger partial charge in [-0.25, -0.2) is 4.98 Å². The maximum atomic E-state index is 5.98. The number of unbranched alkanes of at least 4 members (excludes halogenated alkanes) is 2. The Morgan fingerprint density at radius 1 is 1.60 bits per heavy atom. The highest BCUT2D eigenvalue weighted by Crippen LogP contribution is 2.13. The minimum absolute atomic E-state index is 0.0973. The minimum atomic E-state index is 0.0973. The first kappa shape index (κ1) is 11.8. The number of rotatable bonds is 6. The Labute approximate surface area is 91.7 Å². The van der Waals surface area contributed by atoms with Gasteiger partial charge in [-0.2, -0.15) is 0 Å². The van der Waals surface area contributed by atoms with Crippen LogP contribution in [0.2, 0.25) is 0 Å². The van der Waals surface area contributed by atoms with Crippen molar-refractivity contribution in [3.8, 4) is 12.3 Å². The molecule has 0 amide bonds. The molecule has 1 heterocycles. The van der Waals surface area contributed by atoms with Gasteiger partial charge in [-0.05, 0) is 19.3 Å². The lowest BCUT2D eigenvalue weighted by Crippen LogP contribution is -2.14. The molecule has 1 rings (SSSR count). The Balaban J connectivity index is 2.47. The molecular weight excluding hydrogens is 186 g/mol. The van der Waals surface area contributed by atoms with Crippen molar-refractivity contribution in [3.05, 3.63) is 18.2 Å². The first-order valence-electron chi connectivity index (χ1n) is 5.48. The van der Waals surface area contributed by atoms with Gasteiger partial charge in [0.15, 0.2) is 0 Å². The van der Waals surface area contributed by atoms with Crippen LogP contribution in [-0.2, 0) is 6.54 Å². The number of aromatic nitrogens is 2. The first-order valence-corrected chi connectivity index (χ1v) is 5.48. The second-order valence-corrected chi connectivity index (χ2v) is 3.69. The van der Waals surface area contributed by atoms with Gasteiger partial charge in [-0.15, -0.1) is 12.3 Å². The third-order valence-electron chi connectivity index (χ3n) is 2.53. The quantitative estimate of drug-likeness (QED) is 0.571. The van der Waals surface area contributed by atoms with E-state index in [-0.39, 0.29) is 6.04 Å². The smallest absolute Gasteiger partial charge is 0.0948 e. The number of terminal acetylenes is 1. The summed E-state index contributed by atoms with van der Waals surface area (Å²) in [5.41, 5.74) is 7.10. The highest BCUT2D eigenvalue weighted by atomic mass is 15.1. The average molecular weight is 205 g/mol. The zero-order valence-corrected chi connectivity index (χ0v) is 9.32. The van der Waals surface area contributed by atoms with E-state index >= 15 is 0 Å². The van der Waals surface area contributed by atoms with Gasteiger partial charge in [0.2, 0.25) is 0 Å². The molecule has 15 heavy (non-hydrogen) atoms. The summed E-state index contributed by atoms with van der Waals surface area (Å²) in [4.78, 5) is 4.13. The van der Waals surface area contributed by atoms with Gasteiger partial charge in [0.25, 0.3) is 0 Å². The van der Waals surface area contributed by atoms with E-state index < -0.39 is 0 Å². The van der Waals surface area contributed by atoms with E-state index in [9.17, 15) is 0 Å². The lowest BCUT2D eigenvalue weighted by Gasteiger charge is -2.12. The Kier molecular flexibility index (Phi) is 4.92. The van der Waals surface area contributed by atoms with Crippen LogP contribution in [0.15, 0.2) is 12.5 Å². The maximum absolute atomic E-state index is 5.98. The fourth-order valence-electron chi connectivity index (χ4n) is 1.54. The van der Waals surface area contributed by atoms with Crippen LogP contribution in [0.25, 0.3) is 0 Å². The van der Waals surface area contributed by atoms with Gasteiger partial charge in [-0.1, -0.05) is 6.92 Å². The Bertz CT molecular complexity index is 322. The summed E-state index contributed by atoms with van der Waals surface area (Å²) in [6, 6.07) is 0.0973. The molecule has 0 unspecified atom stereocenters. The summed E-state index contributed by atoms with van der Waals surface area (Å²) in [6.07, 6.45) is 12.8. The van der Waals surface area contributed by atoms with E-state index in [4.69, 9.17) is 12.2 Å². The van der Waals surface area contributed by atoms with Gasteiger partial charge in [0.05, 0.1) is 12.0 Å². The maximum Gasteiger partial charge on any atom is 0.0948 e. The van der Waals surface area contributed by atoms with Gasteiger partial charge in [0.1, 0.15) is 0 Å². The average Bonchev–Trinajstić information content (AvgIpc) is 2.71. The molecule has 3 nitrogen and oxygen atoms in total. The standard InChI is InChI=1S/C12H19N3/c1-3-5-6-7-8-15-10-14-9-12(15)11(13)4-2/h1,9-11H,4-8,13H2,2H3/t11-/m1/s1. The van der Waals surface area contributed by atoms with E-state index in [1.807, 2.05) is 12.5 Å². The van der Waals surface area contributed by atoms with Crippen molar-refractivity contribution in [2.75, 3.05) is 0 Å². The predicted molar refractivity (Wildman–Crippen MR) is 62.1 cm³/mol. The number of hydrogen-bond acceptors (Lipinski definition) is 2.